The highest BCUT2D eigenvalue weighted by atomic mass is 19.4. The molecule has 2 aromatic heterocycles. The number of halogens is 3. The lowest BCUT2D eigenvalue weighted by Gasteiger charge is -2.29. The number of fused-ring (bicyclic) bond motifs is 1. The van der Waals surface area contributed by atoms with Gasteiger partial charge < -0.3 is 20.1 Å². The molecule has 3 aromatic rings. The summed E-state index contributed by atoms with van der Waals surface area (Å²) in [7, 11) is 2.00. The molecule has 1 saturated heterocycles. The van der Waals surface area contributed by atoms with Gasteiger partial charge in [-0.15, -0.1) is 0 Å². The minimum Gasteiger partial charge on any atom is -0.349 e. The first kappa shape index (κ1) is 23.5. The maximum atomic E-state index is 13.9. The van der Waals surface area contributed by atoms with E-state index >= 15 is 0 Å². The Labute approximate surface area is 200 Å². The topological polar surface area (TPSA) is 88.0 Å². The summed E-state index contributed by atoms with van der Waals surface area (Å²) in [6.07, 6.45) is 4.42. The van der Waals surface area contributed by atoms with Crippen LogP contribution < -0.4 is 10.6 Å². The average Bonchev–Trinajstić information content (AvgIpc) is 3.49. The van der Waals surface area contributed by atoms with Gasteiger partial charge in [-0.1, -0.05) is 12.8 Å². The van der Waals surface area contributed by atoms with Crippen molar-refractivity contribution in [2.45, 2.75) is 56.8 Å². The number of carbonyl (C=O) groups is 1. The summed E-state index contributed by atoms with van der Waals surface area (Å²) in [6, 6.07) is 3.78. The number of anilines is 2. The molecule has 1 aliphatic heterocycles. The van der Waals surface area contributed by atoms with Crippen LogP contribution in [-0.4, -0.2) is 56.5 Å². The molecule has 2 aliphatic rings. The number of hydrogen-bond donors (Lipinski definition) is 2. The number of nitrogens with one attached hydrogen (secondary N) is 2. The highest BCUT2D eigenvalue weighted by Gasteiger charge is 2.35. The first-order valence-electron chi connectivity index (χ1n) is 11.9. The molecule has 5 rings (SSSR count). The van der Waals surface area contributed by atoms with Gasteiger partial charge in [-0.2, -0.15) is 18.2 Å². The molecule has 8 nitrogen and oxygen atoms in total. The highest BCUT2D eigenvalue weighted by molar-refractivity contribution is 5.95. The van der Waals surface area contributed by atoms with Crippen LogP contribution in [0.3, 0.4) is 0 Å². The van der Waals surface area contributed by atoms with Gasteiger partial charge in [0.25, 0.3) is 5.91 Å². The third-order valence-corrected chi connectivity index (χ3v) is 6.92. The second kappa shape index (κ2) is 9.44. The molecule has 0 unspecified atom stereocenters. The third-order valence-electron chi connectivity index (χ3n) is 6.92. The van der Waals surface area contributed by atoms with Gasteiger partial charge in [0.1, 0.15) is 5.52 Å². The third kappa shape index (κ3) is 5.09. The second-order valence-electron chi connectivity index (χ2n) is 9.43. The Morgan fingerprint density at radius 2 is 1.83 bits per heavy atom. The molecule has 0 atom stereocenters. The zero-order valence-corrected chi connectivity index (χ0v) is 19.5. The van der Waals surface area contributed by atoms with Gasteiger partial charge in [0.2, 0.25) is 5.95 Å². The van der Waals surface area contributed by atoms with Gasteiger partial charge in [-0.3, -0.25) is 4.79 Å². The quantitative estimate of drug-likeness (QED) is 0.550. The summed E-state index contributed by atoms with van der Waals surface area (Å²) >= 11 is 0. The first-order valence-corrected chi connectivity index (χ1v) is 11.9. The van der Waals surface area contributed by atoms with E-state index in [0.29, 0.717) is 11.2 Å². The van der Waals surface area contributed by atoms with E-state index < -0.39 is 17.6 Å². The number of nitrogens with zero attached hydrogens (tertiary/aromatic N) is 5. The number of piperidine rings is 1. The van der Waals surface area contributed by atoms with Crippen molar-refractivity contribution in [1.29, 1.82) is 0 Å². The average molecular weight is 488 g/mol. The molecule has 1 aromatic carbocycles. The Hall–Kier alpha value is -3.21. The molecule has 11 heteroatoms. The molecular weight excluding hydrogens is 459 g/mol. The van der Waals surface area contributed by atoms with Crippen molar-refractivity contribution in [3.8, 4) is 0 Å². The molecule has 1 aliphatic carbocycles. The lowest BCUT2D eigenvalue weighted by atomic mass is 10.0. The van der Waals surface area contributed by atoms with E-state index in [1.807, 2.05) is 11.6 Å². The van der Waals surface area contributed by atoms with Crippen LogP contribution >= 0.6 is 0 Å². The van der Waals surface area contributed by atoms with Crippen molar-refractivity contribution in [1.82, 2.24) is 29.7 Å². The van der Waals surface area contributed by atoms with Crippen LogP contribution in [0.1, 0.15) is 60.5 Å². The largest absolute Gasteiger partial charge is 0.418 e. The fourth-order valence-corrected chi connectivity index (χ4v) is 4.91. The Morgan fingerprint density at radius 1 is 1.09 bits per heavy atom. The number of aromatic nitrogens is 4. The Bertz CT molecular complexity index is 1210. The fourth-order valence-electron chi connectivity index (χ4n) is 4.91. The number of benzene rings is 1. The van der Waals surface area contributed by atoms with Crippen molar-refractivity contribution in [3.63, 3.8) is 0 Å². The summed E-state index contributed by atoms with van der Waals surface area (Å²) in [5, 5.41) is 5.58. The predicted molar refractivity (Wildman–Crippen MR) is 126 cm³/mol. The zero-order valence-electron chi connectivity index (χ0n) is 19.5. The Morgan fingerprint density at radius 3 is 2.54 bits per heavy atom. The SMILES string of the molecule is CN1CCC(NC(=O)c2ccc(Nc3ncc4ncn(C5CCCC5)c4n3)c(C(F)(F)F)c2)CC1. The normalized spacial score (nSPS) is 18.3. The van der Waals surface area contributed by atoms with Crippen molar-refractivity contribution in [2.75, 3.05) is 25.5 Å². The van der Waals surface area contributed by atoms with Crippen molar-refractivity contribution in [2.24, 2.45) is 0 Å². The molecule has 0 spiro atoms. The summed E-state index contributed by atoms with van der Waals surface area (Å²) in [5.74, 6) is -0.457. The van der Waals surface area contributed by atoms with Crippen LogP contribution in [0, 0.1) is 0 Å². The van der Waals surface area contributed by atoms with Gasteiger partial charge >= 0.3 is 6.18 Å². The Kier molecular flexibility index (Phi) is 6.35. The molecule has 1 saturated carbocycles. The van der Waals surface area contributed by atoms with E-state index in [-0.39, 0.29) is 29.3 Å². The number of amides is 1. The number of carbonyl (C=O) groups excluding carboxylic acids is 1. The summed E-state index contributed by atoms with van der Waals surface area (Å²) in [4.78, 5) is 27.8. The summed E-state index contributed by atoms with van der Waals surface area (Å²) < 4.78 is 43.8. The zero-order chi connectivity index (χ0) is 24.6. The number of rotatable bonds is 5. The van der Waals surface area contributed by atoms with Gasteiger partial charge in [-0.25, -0.2) is 9.97 Å². The summed E-state index contributed by atoms with van der Waals surface area (Å²) in [6.45, 7) is 1.68. The number of alkyl halides is 3. The molecule has 1 amide bonds. The monoisotopic (exact) mass is 487 g/mol. The second-order valence-corrected chi connectivity index (χ2v) is 9.43. The van der Waals surface area contributed by atoms with E-state index in [1.165, 1.54) is 18.3 Å². The fraction of sp³-hybridized carbons (Fsp3) is 0.500. The molecule has 3 heterocycles. The Balaban J connectivity index is 1.39. The highest BCUT2D eigenvalue weighted by Crippen LogP contribution is 2.37. The van der Waals surface area contributed by atoms with Crippen molar-refractivity contribution >= 4 is 28.7 Å². The summed E-state index contributed by atoms with van der Waals surface area (Å²) in [5.41, 5.74) is 0.00938. The molecule has 186 valence electrons. The molecular formula is C24H28F3N7O. The van der Waals surface area contributed by atoms with Crippen molar-refractivity contribution in [3.05, 3.63) is 41.9 Å². The molecule has 0 bridgehead atoms. The van der Waals surface area contributed by atoms with Crippen LogP contribution in [0.25, 0.3) is 11.2 Å². The number of imidazole rings is 1. The van der Waals surface area contributed by atoms with Crippen LogP contribution in [0.15, 0.2) is 30.7 Å². The van der Waals surface area contributed by atoms with Gasteiger partial charge in [0, 0.05) is 17.6 Å². The van der Waals surface area contributed by atoms with Crippen LogP contribution in [0.5, 0.6) is 0 Å². The van der Waals surface area contributed by atoms with Crippen molar-refractivity contribution < 1.29 is 18.0 Å². The lowest BCUT2D eigenvalue weighted by Crippen LogP contribution is -2.43. The minimum atomic E-state index is -4.66. The number of likely N-dealkylation sites (tertiary alicyclic amines) is 1. The first-order chi connectivity index (χ1) is 16.8. The van der Waals surface area contributed by atoms with Gasteiger partial charge in [0.15, 0.2) is 5.65 Å². The molecule has 2 fully saturated rings. The molecule has 35 heavy (non-hydrogen) atoms. The van der Waals surface area contributed by atoms with Crippen LogP contribution in [0.4, 0.5) is 24.8 Å². The molecule has 2 N–H and O–H groups in total. The lowest BCUT2D eigenvalue weighted by molar-refractivity contribution is -0.136. The van der Waals surface area contributed by atoms with Crippen LogP contribution in [-0.2, 0) is 6.18 Å². The van der Waals surface area contributed by atoms with Crippen LogP contribution in [0.2, 0.25) is 0 Å². The standard InChI is InChI=1S/C24H28F3N7O/c1-33-10-8-16(9-11-33)30-22(35)15-6-7-19(18(12-15)24(25,26)27)31-23-28-13-20-21(32-23)34(14-29-20)17-4-2-3-5-17/h6-7,12-14,16-17H,2-5,8-11H2,1H3,(H,30,35)(H,28,31,32). The van der Waals surface area contributed by atoms with E-state index in [0.717, 1.165) is 57.7 Å². The van der Waals surface area contributed by atoms with E-state index in [4.69, 9.17) is 0 Å². The smallest absolute Gasteiger partial charge is 0.349 e. The van der Waals surface area contributed by atoms with E-state index in [2.05, 4.69) is 30.5 Å². The van der Waals surface area contributed by atoms with E-state index in [1.54, 1.807) is 6.33 Å². The minimum absolute atomic E-state index is 0.0301. The van der Waals surface area contributed by atoms with Gasteiger partial charge in [0.05, 0.1) is 23.8 Å². The van der Waals surface area contributed by atoms with Gasteiger partial charge in [-0.05, 0) is 64.0 Å². The number of hydrogen-bond acceptors (Lipinski definition) is 6. The maximum Gasteiger partial charge on any atom is 0.418 e. The van der Waals surface area contributed by atoms with E-state index in [9.17, 15) is 18.0 Å². The maximum absolute atomic E-state index is 13.9. The predicted octanol–water partition coefficient (Wildman–Crippen LogP) is 4.53. The molecule has 0 radical (unpaired) electrons.